The van der Waals surface area contributed by atoms with Gasteiger partial charge in [0.25, 0.3) is 0 Å². The van der Waals surface area contributed by atoms with E-state index in [1.54, 1.807) is 19.0 Å². The zero-order valence-electron chi connectivity index (χ0n) is 18.1. The van der Waals surface area contributed by atoms with Gasteiger partial charge in [0.15, 0.2) is 5.96 Å². The summed E-state index contributed by atoms with van der Waals surface area (Å²) in [6, 6.07) is 11.8. The first-order valence-electron chi connectivity index (χ1n) is 10.5. The van der Waals surface area contributed by atoms with Crippen LogP contribution in [-0.2, 0) is 4.79 Å². The van der Waals surface area contributed by atoms with Crippen LogP contribution in [0.2, 0.25) is 0 Å². The Morgan fingerprint density at radius 3 is 2.43 bits per heavy atom. The van der Waals surface area contributed by atoms with E-state index in [0.29, 0.717) is 18.1 Å². The summed E-state index contributed by atoms with van der Waals surface area (Å²) < 4.78 is 0. The zero-order valence-corrected chi connectivity index (χ0v) is 18.1. The van der Waals surface area contributed by atoms with Crippen LogP contribution in [0.1, 0.15) is 51.6 Å². The smallest absolute Gasteiger partial charge is 0.243 e. The highest BCUT2D eigenvalue weighted by Gasteiger charge is 2.24. The van der Waals surface area contributed by atoms with Gasteiger partial charge in [-0.25, -0.2) is 4.99 Å². The number of likely N-dealkylation sites (tertiary alicyclic amines) is 1. The van der Waals surface area contributed by atoms with E-state index < -0.39 is 0 Å². The van der Waals surface area contributed by atoms with Crippen LogP contribution in [0.3, 0.4) is 0 Å². The Hall–Kier alpha value is -2.08. The Morgan fingerprint density at radius 2 is 1.86 bits per heavy atom. The van der Waals surface area contributed by atoms with E-state index in [2.05, 4.69) is 71.6 Å². The van der Waals surface area contributed by atoms with Gasteiger partial charge in [0.1, 0.15) is 6.54 Å². The number of aliphatic imine (C=N–C) groups is 1. The SMILES string of the molecule is CCC(C)NC(=NCC(=O)N(C)C)NC1CCN(C(C)c2ccccc2)CC1. The number of nitrogens with one attached hydrogen (secondary N) is 2. The molecule has 28 heavy (non-hydrogen) atoms. The lowest BCUT2D eigenvalue weighted by atomic mass is 10.0. The fourth-order valence-corrected chi connectivity index (χ4v) is 3.32. The van der Waals surface area contributed by atoms with E-state index in [1.165, 1.54) is 5.56 Å². The first kappa shape index (κ1) is 22.2. The number of amides is 1. The maximum absolute atomic E-state index is 11.9. The molecular weight excluding hydrogens is 350 g/mol. The number of nitrogens with zero attached hydrogens (tertiary/aromatic N) is 3. The molecule has 6 heteroatoms. The normalized spacial score (nSPS) is 18.4. The van der Waals surface area contributed by atoms with Crippen molar-refractivity contribution in [3.05, 3.63) is 35.9 Å². The molecule has 0 radical (unpaired) electrons. The minimum Gasteiger partial charge on any atom is -0.354 e. The fourth-order valence-electron chi connectivity index (χ4n) is 3.32. The molecule has 1 aliphatic heterocycles. The monoisotopic (exact) mass is 387 g/mol. The minimum absolute atomic E-state index is 0.0109. The molecule has 2 unspecified atom stereocenters. The number of carbonyl (C=O) groups excluding carboxylic acids is 1. The lowest BCUT2D eigenvalue weighted by molar-refractivity contribution is -0.127. The molecule has 2 rings (SSSR count). The molecule has 0 saturated carbocycles. The summed E-state index contributed by atoms with van der Waals surface area (Å²) in [5, 5.41) is 6.98. The predicted octanol–water partition coefficient (Wildman–Crippen LogP) is 2.63. The average molecular weight is 388 g/mol. The number of carbonyl (C=O) groups is 1. The highest BCUT2D eigenvalue weighted by molar-refractivity contribution is 5.85. The van der Waals surface area contributed by atoms with E-state index in [4.69, 9.17) is 0 Å². The van der Waals surface area contributed by atoms with Gasteiger partial charge in [-0.3, -0.25) is 9.69 Å². The van der Waals surface area contributed by atoms with Gasteiger partial charge in [-0.2, -0.15) is 0 Å². The Bertz CT molecular complexity index is 623. The Labute approximate surface area is 170 Å². The molecule has 1 saturated heterocycles. The standard InChI is InChI=1S/C22H37N5O/c1-6-17(2)24-22(23-16-21(28)26(4)5)25-20-12-14-27(15-13-20)18(3)19-10-8-7-9-11-19/h7-11,17-18,20H,6,12-16H2,1-5H3,(H2,23,24,25). The lowest BCUT2D eigenvalue weighted by Crippen LogP contribution is -2.51. The van der Waals surface area contributed by atoms with Gasteiger partial charge in [-0.05, 0) is 38.7 Å². The predicted molar refractivity (Wildman–Crippen MR) is 116 cm³/mol. The lowest BCUT2D eigenvalue weighted by Gasteiger charge is -2.37. The molecule has 0 aromatic heterocycles. The molecule has 1 heterocycles. The molecular formula is C22H37N5O. The zero-order chi connectivity index (χ0) is 20.5. The van der Waals surface area contributed by atoms with Crippen molar-refractivity contribution in [2.75, 3.05) is 33.7 Å². The summed E-state index contributed by atoms with van der Waals surface area (Å²) >= 11 is 0. The van der Waals surface area contributed by atoms with Crippen LogP contribution in [0.5, 0.6) is 0 Å². The van der Waals surface area contributed by atoms with Crippen molar-refractivity contribution in [3.63, 3.8) is 0 Å². The van der Waals surface area contributed by atoms with E-state index in [-0.39, 0.29) is 12.5 Å². The van der Waals surface area contributed by atoms with Gasteiger partial charge in [-0.1, -0.05) is 37.3 Å². The molecule has 1 fully saturated rings. The first-order valence-corrected chi connectivity index (χ1v) is 10.5. The minimum atomic E-state index is 0.0109. The third-order valence-corrected chi connectivity index (χ3v) is 5.57. The summed E-state index contributed by atoms with van der Waals surface area (Å²) in [5.41, 5.74) is 1.37. The van der Waals surface area contributed by atoms with Crippen LogP contribution in [0.4, 0.5) is 0 Å². The number of hydrogen-bond acceptors (Lipinski definition) is 3. The largest absolute Gasteiger partial charge is 0.354 e. The van der Waals surface area contributed by atoms with Crippen molar-refractivity contribution in [1.82, 2.24) is 20.4 Å². The third-order valence-electron chi connectivity index (χ3n) is 5.57. The van der Waals surface area contributed by atoms with Crippen LogP contribution in [0.15, 0.2) is 35.3 Å². The Balaban J connectivity index is 1.91. The molecule has 2 atom stereocenters. The van der Waals surface area contributed by atoms with Crippen LogP contribution in [0.25, 0.3) is 0 Å². The van der Waals surface area contributed by atoms with Crippen LogP contribution >= 0.6 is 0 Å². The second kappa shape index (κ2) is 11.1. The number of hydrogen-bond donors (Lipinski definition) is 2. The average Bonchev–Trinajstić information content (AvgIpc) is 2.72. The molecule has 1 aromatic carbocycles. The molecule has 6 nitrogen and oxygen atoms in total. The molecule has 1 aromatic rings. The van der Waals surface area contributed by atoms with E-state index in [0.717, 1.165) is 38.3 Å². The summed E-state index contributed by atoms with van der Waals surface area (Å²) in [7, 11) is 3.52. The Morgan fingerprint density at radius 1 is 1.21 bits per heavy atom. The van der Waals surface area contributed by atoms with Gasteiger partial charge < -0.3 is 15.5 Å². The molecule has 1 aliphatic rings. The second-order valence-corrected chi connectivity index (χ2v) is 7.95. The van der Waals surface area contributed by atoms with E-state index in [9.17, 15) is 4.79 Å². The summed E-state index contributed by atoms with van der Waals surface area (Å²) in [5.74, 6) is 0.760. The topological polar surface area (TPSA) is 60.0 Å². The molecule has 0 bridgehead atoms. The van der Waals surface area contributed by atoms with Crippen LogP contribution < -0.4 is 10.6 Å². The van der Waals surface area contributed by atoms with Crippen molar-refractivity contribution in [3.8, 4) is 0 Å². The molecule has 2 N–H and O–H groups in total. The number of guanidine groups is 1. The highest BCUT2D eigenvalue weighted by Crippen LogP contribution is 2.23. The van der Waals surface area contributed by atoms with E-state index >= 15 is 0 Å². The maximum atomic E-state index is 11.9. The van der Waals surface area contributed by atoms with Crippen LogP contribution in [0, 0.1) is 0 Å². The summed E-state index contributed by atoms with van der Waals surface area (Å²) in [4.78, 5) is 20.5. The first-order chi connectivity index (χ1) is 13.4. The number of rotatable bonds is 7. The second-order valence-electron chi connectivity index (χ2n) is 7.95. The van der Waals surface area contributed by atoms with Crippen molar-refractivity contribution in [2.45, 2.75) is 58.2 Å². The molecule has 156 valence electrons. The molecule has 0 spiro atoms. The molecule has 0 aliphatic carbocycles. The van der Waals surface area contributed by atoms with Crippen molar-refractivity contribution < 1.29 is 4.79 Å². The number of benzene rings is 1. The number of piperidine rings is 1. The quantitative estimate of drug-likeness (QED) is 0.558. The van der Waals surface area contributed by atoms with Gasteiger partial charge in [0.05, 0.1) is 0 Å². The summed E-state index contributed by atoms with van der Waals surface area (Å²) in [6.07, 6.45) is 3.15. The van der Waals surface area contributed by atoms with Crippen LogP contribution in [-0.4, -0.2) is 67.5 Å². The highest BCUT2D eigenvalue weighted by atomic mass is 16.2. The van der Waals surface area contributed by atoms with Crippen molar-refractivity contribution in [1.29, 1.82) is 0 Å². The maximum Gasteiger partial charge on any atom is 0.243 e. The Kier molecular flexibility index (Phi) is 8.77. The van der Waals surface area contributed by atoms with Gasteiger partial charge in [0.2, 0.25) is 5.91 Å². The summed E-state index contributed by atoms with van der Waals surface area (Å²) in [6.45, 7) is 8.84. The van der Waals surface area contributed by atoms with Gasteiger partial charge >= 0.3 is 0 Å². The van der Waals surface area contributed by atoms with Crippen molar-refractivity contribution >= 4 is 11.9 Å². The van der Waals surface area contributed by atoms with Gasteiger partial charge in [0, 0.05) is 45.3 Å². The fraction of sp³-hybridized carbons (Fsp3) is 0.636. The van der Waals surface area contributed by atoms with E-state index in [1.807, 2.05) is 0 Å². The number of likely N-dealkylation sites (N-methyl/N-ethyl adjacent to an activating group) is 1. The van der Waals surface area contributed by atoms with Gasteiger partial charge in [-0.15, -0.1) is 0 Å². The van der Waals surface area contributed by atoms with Crippen molar-refractivity contribution in [2.24, 2.45) is 4.99 Å². The third kappa shape index (κ3) is 6.82. The molecule has 1 amide bonds.